The second-order valence-electron chi connectivity index (χ2n) is 5.35. The number of aromatic nitrogens is 1. The van der Waals surface area contributed by atoms with Crippen LogP contribution in [0.2, 0.25) is 0 Å². The molecule has 24 heavy (non-hydrogen) atoms. The third-order valence-corrected chi connectivity index (χ3v) is 4.55. The van der Waals surface area contributed by atoms with Gasteiger partial charge >= 0.3 is 0 Å². The summed E-state index contributed by atoms with van der Waals surface area (Å²) >= 11 is 1.40. The fourth-order valence-electron chi connectivity index (χ4n) is 2.82. The molecule has 1 atom stereocenters. The van der Waals surface area contributed by atoms with Crippen molar-refractivity contribution in [1.29, 1.82) is 0 Å². The van der Waals surface area contributed by atoms with Crippen molar-refractivity contribution in [1.82, 2.24) is 15.8 Å². The fraction of sp³-hybridized carbons (Fsp3) is 0.375. The average molecular weight is 348 g/mol. The van der Waals surface area contributed by atoms with Crippen LogP contribution in [-0.4, -0.2) is 31.6 Å². The molecule has 0 saturated heterocycles. The van der Waals surface area contributed by atoms with Gasteiger partial charge in [-0.3, -0.25) is 4.79 Å². The summed E-state index contributed by atoms with van der Waals surface area (Å²) in [5, 5.41) is 8.67. The third-order valence-electron chi connectivity index (χ3n) is 3.87. The number of carbonyl (C=O) groups excluding carboxylic acids is 1. The predicted octanol–water partition coefficient (Wildman–Crippen LogP) is 1.88. The highest BCUT2D eigenvalue weighted by molar-refractivity contribution is 7.13. The van der Waals surface area contributed by atoms with Gasteiger partial charge in [0, 0.05) is 31.1 Å². The molecule has 1 aromatic carbocycles. The Kier molecular flexibility index (Phi) is 5.29. The normalized spacial score (nSPS) is 16.3. The van der Waals surface area contributed by atoms with Crippen LogP contribution in [0.4, 0.5) is 5.13 Å². The molecule has 0 saturated carbocycles. The number of nitrogens with zero attached hydrogens (tertiary/aromatic N) is 1. The Balaban J connectivity index is 1.79. The number of methoxy groups -OCH3 is 1. The van der Waals surface area contributed by atoms with Crippen LogP contribution in [0, 0.1) is 0 Å². The quantitative estimate of drug-likeness (QED) is 0.691. The maximum atomic E-state index is 12.3. The Morgan fingerprint density at radius 1 is 1.46 bits per heavy atom. The highest BCUT2D eigenvalue weighted by Crippen LogP contribution is 2.36. The molecule has 7 nitrogen and oxygen atoms in total. The van der Waals surface area contributed by atoms with E-state index in [0.29, 0.717) is 23.1 Å². The molecule has 0 aliphatic carbocycles. The molecule has 128 valence electrons. The van der Waals surface area contributed by atoms with E-state index in [-0.39, 0.29) is 11.9 Å². The lowest BCUT2D eigenvalue weighted by Crippen LogP contribution is -2.33. The summed E-state index contributed by atoms with van der Waals surface area (Å²) in [7, 11) is 3.31. The molecular formula is C16H20N4O3S. The van der Waals surface area contributed by atoms with E-state index in [2.05, 4.69) is 21.1 Å². The van der Waals surface area contributed by atoms with Crippen LogP contribution in [0.25, 0.3) is 0 Å². The SMILES string of the molecule is CNOc1cc2c(cc1OC)CCNC2CC(=O)Nc1nccs1. The number of benzene rings is 1. The first-order chi connectivity index (χ1) is 11.7. The number of ether oxygens (including phenoxy) is 1. The van der Waals surface area contributed by atoms with E-state index in [0.717, 1.165) is 18.5 Å². The van der Waals surface area contributed by atoms with Gasteiger partial charge in [0.05, 0.1) is 7.11 Å². The Hall–Kier alpha value is -2.16. The van der Waals surface area contributed by atoms with Crippen LogP contribution < -0.4 is 25.7 Å². The molecule has 0 fully saturated rings. The molecular weight excluding hydrogens is 328 g/mol. The number of hydroxylamine groups is 1. The molecule has 1 aliphatic rings. The smallest absolute Gasteiger partial charge is 0.228 e. The number of hydrogen-bond acceptors (Lipinski definition) is 7. The summed E-state index contributed by atoms with van der Waals surface area (Å²) in [4.78, 5) is 21.8. The summed E-state index contributed by atoms with van der Waals surface area (Å²) < 4.78 is 5.38. The number of anilines is 1. The van der Waals surface area contributed by atoms with Gasteiger partial charge < -0.3 is 20.2 Å². The predicted molar refractivity (Wildman–Crippen MR) is 92.5 cm³/mol. The van der Waals surface area contributed by atoms with Crippen LogP contribution in [0.1, 0.15) is 23.6 Å². The number of hydrogen-bond donors (Lipinski definition) is 3. The van der Waals surface area contributed by atoms with Gasteiger partial charge in [-0.25, -0.2) is 4.98 Å². The van der Waals surface area contributed by atoms with Crippen LogP contribution in [0.15, 0.2) is 23.7 Å². The number of nitrogens with one attached hydrogen (secondary N) is 3. The van der Waals surface area contributed by atoms with Gasteiger partial charge in [0.25, 0.3) is 0 Å². The Labute approximate surface area is 144 Å². The van der Waals surface area contributed by atoms with Crippen LogP contribution >= 0.6 is 11.3 Å². The van der Waals surface area contributed by atoms with Crippen molar-refractivity contribution in [3.8, 4) is 11.5 Å². The second-order valence-corrected chi connectivity index (χ2v) is 6.25. The van der Waals surface area contributed by atoms with Gasteiger partial charge in [-0.15, -0.1) is 11.3 Å². The maximum absolute atomic E-state index is 12.3. The zero-order valence-corrected chi connectivity index (χ0v) is 14.4. The number of thiazole rings is 1. The standard InChI is InChI=1S/C16H20N4O3S/c1-17-23-14-8-11-10(7-13(14)22-2)3-4-18-12(11)9-15(21)20-16-19-5-6-24-16/h5-8,12,17-18H,3-4,9H2,1-2H3,(H,19,20,21). The van der Waals surface area contributed by atoms with Crippen molar-refractivity contribution >= 4 is 22.4 Å². The molecule has 0 radical (unpaired) electrons. The third kappa shape index (κ3) is 3.66. The highest BCUT2D eigenvalue weighted by atomic mass is 32.1. The largest absolute Gasteiger partial charge is 0.493 e. The van der Waals surface area contributed by atoms with Crippen LogP contribution in [0.5, 0.6) is 11.5 Å². The fourth-order valence-corrected chi connectivity index (χ4v) is 3.37. The average Bonchev–Trinajstić information content (AvgIpc) is 3.08. The van der Waals surface area contributed by atoms with E-state index in [4.69, 9.17) is 9.57 Å². The minimum Gasteiger partial charge on any atom is -0.493 e. The Bertz CT molecular complexity index is 706. The van der Waals surface area contributed by atoms with Crippen LogP contribution in [-0.2, 0) is 11.2 Å². The van der Waals surface area contributed by atoms with Gasteiger partial charge in [-0.1, -0.05) is 0 Å². The van der Waals surface area contributed by atoms with E-state index in [9.17, 15) is 4.79 Å². The molecule has 0 spiro atoms. The molecule has 3 rings (SSSR count). The van der Waals surface area contributed by atoms with E-state index in [1.165, 1.54) is 16.9 Å². The molecule has 1 unspecified atom stereocenters. The maximum Gasteiger partial charge on any atom is 0.228 e. The zero-order chi connectivity index (χ0) is 16.9. The summed E-state index contributed by atoms with van der Waals surface area (Å²) in [5.41, 5.74) is 4.89. The lowest BCUT2D eigenvalue weighted by Gasteiger charge is -2.27. The molecule has 0 bridgehead atoms. The molecule has 1 aliphatic heterocycles. The van der Waals surface area contributed by atoms with Crippen molar-refractivity contribution in [2.24, 2.45) is 0 Å². The van der Waals surface area contributed by atoms with Gasteiger partial charge in [0.2, 0.25) is 5.91 Å². The summed E-state index contributed by atoms with van der Waals surface area (Å²) in [5.74, 6) is 1.21. The van der Waals surface area contributed by atoms with Crippen molar-refractivity contribution in [3.05, 3.63) is 34.8 Å². The number of fused-ring (bicyclic) bond motifs is 1. The number of rotatable bonds is 6. The molecule has 2 heterocycles. The lowest BCUT2D eigenvalue weighted by molar-refractivity contribution is -0.116. The van der Waals surface area contributed by atoms with E-state index in [1.54, 1.807) is 20.4 Å². The minimum atomic E-state index is -0.0705. The molecule has 1 amide bonds. The number of amides is 1. The lowest BCUT2D eigenvalue weighted by atomic mass is 9.91. The number of carbonyl (C=O) groups is 1. The van der Waals surface area contributed by atoms with Gasteiger partial charge in [0.1, 0.15) is 0 Å². The zero-order valence-electron chi connectivity index (χ0n) is 13.6. The van der Waals surface area contributed by atoms with Crippen molar-refractivity contribution in [2.75, 3.05) is 26.0 Å². The minimum absolute atomic E-state index is 0.0674. The topological polar surface area (TPSA) is 84.5 Å². The molecule has 2 aromatic rings. The van der Waals surface area contributed by atoms with Gasteiger partial charge in [-0.2, -0.15) is 5.48 Å². The summed E-state index contributed by atoms with van der Waals surface area (Å²) in [6.45, 7) is 0.817. The van der Waals surface area contributed by atoms with Crippen molar-refractivity contribution in [3.63, 3.8) is 0 Å². The van der Waals surface area contributed by atoms with E-state index < -0.39 is 0 Å². The Morgan fingerprint density at radius 2 is 2.33 bits per heavy atom. The second kappa shape index (κ2) is 7.61. The van der Waals surface area contributed by atoms with Crippen LogP contribution in [0.3, 0.4) is 0 Å². The monoisotopic (exact) mass is 348 g/mol. The van der Waals surface area contributed by atoms with Gasteiger partial charge in [0.15, 0.2) is 16.6 Å². The molecule has 1 aromatic heterocycles. The van der Waals surface area contributed by atoms with Crippen molar-refractivity contribution in [2.45, 2.75) is 18.9 Å². The van der Waals surface area contributed by atoms with E-state index in [1.807, 2.05) is 17.5 Å². The first-order valence-corrected chi connectivity index (χ1v) is 8.56. The summed E-state index contributed by atoms with van der Waals surface area (Å²) in [6, 6.07) is 3.84. The first kappa shape index (κ1) is 16.7. The Morgan fingerprint density at radius 3 is 3.04 bits per heavy atom. The first-order valence-electron chi connectivity index (χ1n) is 7.68. The molecule has 8 heteroatoms. The molecule has 3 N–H and O–H groups in total. The van der Waals surface area contributed by atoms with E-state index >= 15 is 0 Å². The van der Waals surface area contributed by atoms with Crippen molar-refractivity contribution < 1.29 is 14.4 Å². The summed E-state index contributed by atoms with van der Waals surface area (Å²) in [6.07, 6.45) is 2.89. The van der Waals surface area contributed by atoms with Gasteiger partial charge in [-0.05, 0) is 36.2 Å². The highest BCUT2D eigenvalue weighted by Gasteiger charge is 2.25.